The van der Waals surface area contributed by atoms with E-state index in [-0.39, 0.29) is 12.4 Å². The lowest BCUT2D eigenvalue weighted by atomic mass is 10.0. The first-order chi connectivity index (χ1) is 8.16. The fraction of sp³-hybridized carbons (Fsp3) is 0.600. The fourth-order valence-electron chi connectivity index (χ4n) is 2.49. The number of nitrogens with one attached hydrogen (secondary N) is 1. The van der Waals surface area contributed by atoms with Crippen LogP contribution in [0.2, 0.25) is 0 Å². The molecule has 2 nitrogen and oxygen atoms in total. The summed E-state index contributed by atoms with van der Waals surface area (Å²) in [4.78, 5) is 2.57. The Bertz CT molecular complexity index is 382. The Kier molecular flexibility index (Phi) is 6.13. The predicted molar refractivity (Wildman–Crippen MR) is 80.7 cm³/mol. The van der Waals surface area contributed by atoms with Crippen LogP contribution in [0.1, 0.15) is 28.7 Å². The molecule has 1 aliphatic heterocycles. The number of hydrogen-bond donors (Lipinski definition) is 1. The summed E-state index contributed by atoms with van der Waals surface area (Å²) in [6.07, 6.45) is 1.27. The molecular weight excluding hydrogens is 244 g/mol. The van der Waals surface area contributed by atoms with Gasteiger partial charge in [0.1, 0.15) is 0 Å². The quantitative estimate of drug-likeness (QED) is 0.887. The third-order valence-corrected chi connectivity index (χ3v) is 3.78. The van der Waals surface area contributed by atoms with Crippen LogP contribution >= 0.6 is 12.4 Å². The van der Waals surface area contributed by atoms with E-state index in [1.165, 1.54) is 48.3 Å². The number of hydrogen-bond acceptors (Lipinski definition) is 2. The van der Waals surface area contributed by atoms with E-state index in [9.17, 15) is 0 Å². The van der Waals surface area contributed by atoms with E-state index in [2.05, 4.69) is 43.1 Å². The fourth-order valence-corrected chi connectivity index (χ4v) is 2.49. The molecule has 1 aromatic carbocycles. The van der Waals surface area contributed by atoms with Gasteiger partial charge in [0.2, 0.25) is 0 Å². The van der Waals surface area contributed by atoms with Crippen molar-refractivity contribution in [1.29, 1.82) is 0 Å². The molecule has 2 rings (SSSR count). The van der Waals surface area contributed by atoms with E-state index in [0.29, 0.717) is 0 Å². The van der Waals surface area contributed by atoms with Crippen LogP contribution in [0.4, 0.5) is 0 Å². The molecule has 102 valence electrons. The molecule has 1 saturated heterocycles. The standard InChI is InChI=1S/C15H24N2.ClH/c1-12-9-14(3)15(10-13(12)2)11-17-7-4-5-16-6-8-17;/h9-10,16H,4-8,11H2,1-3H3;1H. The maximum Gasteiger partial charge on any atom is 0.0237 e. The summed E-state index contributed by atoms with van der Waals surface area (Å²) in [5, 5.41) is 3.46. The minimum atomic E-state index is 0. The molecule has 1 aromatic rings. The Morgan fingerprint density at radius 2 is 1.72 bits per heavy atom. The molecule has 0 bridgehead atoms. The minimum absolute atomic E-state index is 0. The highest BCUT2D eigenvalue weighted by atomic mass is 35.5. The summed E-state index contributed by atoms with van der Waals surface area (Å²) in [6.45, 7) is 12.4. The third kappa shape index (κ3) is 3.98. The molecule has 0 amide bonds. The zero-order valence-electron chi connectivity index (χ0n) is 11.8. The highest BCUT2D eigenvalue weighted by molar-refractivity contribution is 5.85. The molecule has 1 heterocycles. The van der Waals surface area contributed by atoms with Gasteiger partial charge in [0.15, 0.2) is 0 Å². The van der Waals surface area contributed by atoms with Gasteiger partial charge in [-0.25, -0.2) is 0 Å². The number of nitrogens with zero attached hydrogens (tertiary/aromatic N) is 1. The molecule has 1 N–H and O–H groups in total. The normalized spacial score (nSPS) is 17.1. The Morgan fingerprint density at radius 1 is 1.00 bits per heavy atom. The highest BCUT2D eigenvalue weighted by Crippen LogP contribution is 2.17. The summed E-state index contributed by atoms with van der Waals surface area (Å²) in [5.41, 5.74) is 5.75. The largest absolute Gasteiger partial charge is 0.315 e. The molecule has 0 aromatic heterocycles. The second-order valence-electron chi connectivity index (χ2n) is 5.24. The summed E-state index contributed by atoms with van der Waals surface area (Å²) >= 11 is 0. The van der Waals surface area contributed by atoms with Gasteiger partial charge in [0, 0.05) is 19.6 Å². The van der Waals surface area contributed by atoms with Crippen LogP contribution < -0.4 is 5.32 Å². The Balaban J connectivity index is 0.00000162. The van der Waals surface area contributed by atoms with E-state index in [1.807, 2.05) is 0 Å². The molecule has 0 saturated carbocycles. The van der Waals surface area contributed by atoms with Gasteiger partial charge in [-0.3, -0.25) is 4.90 Å². The number of rotatable bonds is 2. The highest BCUT2D eigenvalue weighted by Gasteiger charge is 2.10. The van der Waals surface area contributed by atoms with Gasteiger partial charge in [0.25, 0.3) is 0 Å². The van der Waals surface area contributed by atoms with Crippen LogP contribution in [-0.4, -0.2) is 31.1 Å². The van der Waals surface area contributed by atoms with Crippen molar-refractivity contribution in [3.8, 4) is 0 Å². The predicted octanol–water partition coefficient (Wildman–Crippen LogP) is 2.83. The molecule has 1 aliphatic rings. The molecule has 3 heteroatoms. The maximum absolute atomic E-state index is 3.46. The average Bonchev–Trinajstić information content (AvgIpc) is 2.54. The maximum atomic E-state index is 3.46. The number of aryl methyl sites for hydroxylation is 3. The van der Waals surface area contributed by atoms with Gasteiger partial charge in [-0.15, -0.1) is 12.4 Å². The molecule has 0 aliphatic carbocycles. The lowest BCUT2D eigenvalue weighted by Crippen LogP contribution is -2.28. The first-order valence-corrected chi connectivity index (χ1v) is 6.66. The van der Waals surface area contributed by atoms with Crippen molar-refractivity contribution < 1.29 is 0 Å². The van der Waals surface area contributed by atoms with Gasteiger partial charge in [-0.1, -0.05) is 12.1 Å². The van der Waals surface area contributed by atoms with Crippen molar-refractivity contribution in [3.05, 3.63) is 34.4 Å². The lowest BCUT2D eigenvalue weighted by Gasteiger charge is -2.21. The van der Waals surface area contributed by atoms with Crippen molar-refractivity contribution >= 4 is 12.4 Å². The SMILES string of the molecule is Cc1cc(C)c(CN2CCCNCC2)cc1C.Cl. The van der Waals surface area contributed by atoms with Crippen LogP contribution in [0.25, 0.3) is 0 Å². The topological polar surface area (TPSA) is 15.3 Å². The molecule has 0 radical (unpaired) electrons. The summed E-state index contributed by atoms with van der Waals surface area (Å²) < 4.78 is 0. The van der Waals surface area contributed by atoms with Crippen LogP contribution in [0.5, 0.6) is 0 Å². The first kappa shape index (κ1) is 15.5. The third-order valence-electron chi connectivity index (χ3n) is 3.78. The Morgan fingerprint density at radius 3 is 2.50 bits per heavy atom. The van der Waals surface area contributed by atoms with Gasteiger partial charge in [0.05, 0.1) is 0 Å². The lowest BCUT2D eigenvalue weighted by molar-refractivity contribution is 0.284. The molecule has 0 unspecified atom stereocenters. The van der Waals surface area contributed by atoms with Crippen molar-refractivity contribution in [2.24, 2.45) is 0 Å². The van der Waals surface area contributed by atoms with Gasteiger partial charge in [-0.2, -0.15) is 0 Å². The molecule has 18 heavy (non-hydrogen) atoms. The van der Waals surface area contributed by atoms with E-state index >= 15 is 0 Å². The van der Waals surface area contributed by atoms with Crippen molar-refractivity contribution in [1.82, 2.24) is 10.2 Å². The molecule has 0 spiro atoms. The second-order valence-corrected chi connectivity index (χ2v) is 5.24. The Labute approximate surface area is 117 Å². The molecule has 0 atom stereocenters. The van der Waals surface area contributed by atoms with E-state index in [1.54, 1.807) is 0 Å². The van der Waals surface area contributed by atoms with Gasteiger partial charge in [-0.05, 0) is 62.5 Å². The van der Waals surface area contributed by atoms with Crippen LogP contribution in [-0.2, 0) is 6.54 Å². The first-order valence-electron chi connectivity index (χ1n) is 6.66. The van der Waals surface area contributed by atoms with E-state index in [4.69, 9.17) is 0 Å². The Hall–Kier alpha value is -0.570. The van der Waals surface area contributed by atoms with Crippen LogP contribution in [0, 0.1) is 20.8 Å². The smallest absolute Gasteiger partial charge is 0.0237 e. The molecule has 1 fully saturated rings. The van der Waals surface area contributed by atoms with Crippen molar-refractivity contribution in [2.45, 2.75) is 33.7 Å². The average molecular weight is 269 g/mol. The van der Waals surface area contributed by atoms with Gasteiger partial charge < -0.3 is 5.32 Å². The molecular formula is C15H25ClN2. The van der Waals surface area contributed by atoms with Crippen LogP contribution in [0.15, 0.2) is 12.1 Å². The summed E-state index contributed by atoms with van der Waals surface area (Å²) in [5.74, 6) is 0. The van der Waals surface area contributed by atoms with E-state index in [0.717, 1.165) is 13.1 Å². The second kappa shape index (κ2) is 7.13. The van der Waals surface area contributed by atoms with Gasteiger partial charge >= 0.3 is 0 Å². The monoisotopic (exact) mass is 268 g/mol. The van der Waals surface area contributed by atoms with Crippen molar-refractivity contribution in [3.63, 3.8) is 0 Å². The summed E-state index contributed by atoms with van der Waals surface area (Å²) in [7, 11) is 0. The minimum Gasteiger partial charge on any atom is -0.315 e. The van der Waals surface area contributed by atoms with Crippen LogP contribution in [0.3, 0.4) is 0 Å². The van der Waals surface area contributed by atoms with Crippen molar-refractivity contribution in [2.75, 3.05) is 26.2 Å². The zero-order valence-corrected chi connectivity index (χ0v) is 12.6. The number of benzene rings is 1. The summed E-state index contributed by atoms with van der Waals surface area (Å²) in [6, 6.07) is 4.68. The van der Waals surface area contributed by atoms with E-state index < -0.39 is 0 Å². The number of halogens is 1. The zero-order chi connectivity index (χ0) is 12.3.